The first-order valence-electron chi connectivity index (χ1n) is 6.37. The Bertz CT molecular complexity index is 758. The zero-order valence-electron chi connectivity index (χ0n) is 12.1. The number of nitrogens with one attached hydrogen (secondary N) is 1. The highest BCUT2D eigenvalue weighted by atomic mass is 32.2. The average molecular weight is 308 g/mol. The Morgan fingerprint density at radius 2 is 1.62 bits per heavy atom. The van der Waals surface area contributed by atoms with Crippen molar-refractivity contribution in [3.8, 4) is 0 Å². The van der Waals surface area contributed by atoms with E-state index >= 15 is 0 Å². The average Bonchev–Trinajstić information content (AvgIpc) is 2.39. The van der Waals surface area contributed by atoms with Gasteiger partial charge in [0.25, 0.3) is 10.0 Å². The van der Waals surface area contributed by atoms with E-state index < -0.39 is 15.8 Å². The number of nitrogens with two attached hydrogens (primary N) is 1. The van der Waals surface area contributed by atoms with E-state index in [4.69, 9.17) is 5.73 Å². The molecule has 2 aromatic carbocycles. The Hall–Kier alpha value is -2.08. The Morgan fingerprint density at radius 3 is 2.19 bits per heavy atom. The van der Waals surface area contributed by atoms with Crippen molar-refractivity contribution in [1.29, 1.82) is 0 Å². The largest absolute Gasteiger partial charge is 0.398 e. The monoisotopic (exact) mass is 308 g/mol. The summed E-state index contributed by atoms with van der Waals surface area (Å²) in [5.74, 6) is -0.426. The van der Waals surface area contributed by atoms with E-state index in [0.717, 1.165) is 5.56 Å². The number of hydrogen-bond acceptors (Lipinski definition) is 3. The van der Waals surface area contributed by atoms with Crippen molar-refractivity contribution >= 4 is 21.4 Å². The number of anilines is 2. The van der Waals surface area contributed by atoms with Crippen LogP contribution in [0.4, 0.5) is 15.8 Å². The number of halogens is 1. The molecule has 0 radical (unpaired) electrons. The molecule has 0 aliphatic rings. The Morgan fingerprint density at radius 1 is 1.05 bits per heavy atom. The molecule has 4 nitrogen and oxygen atoms in total. The lowest BCUT2D eigenvalue weighted by molar-refractivity contribution is 0.599. The molecule has 112 valence electrons. The smallest absolute Gasteiger partial charge is 0.262 e. The molecule has 0 atom stereocenters. The molecular formula is C15H17FN2O2S. The molecule has 0 aliphatic carbocycles. The van der Waals surface area contributed by atoms with Gasteiger partial charge in [-0.3, -0.25) is 4.72 Å². The van der Waals surface area contributed by atoms with Crippen LogP contribution >= 0.6 is 0 Å². The normalized spacial score (nSPS) is 11.4. The molecule has 0 bridgehead atoms. The summed E-state index contributed by atoms with van der Waals surface area (Å²) in [6.45, 7) is 5.21. The molecule has 6 heteroatoms. The highest BCUT2D eigenvalue weighted by Crippen LogP contribution is 2.29. The van der Waals surface area contributed by atoms with Crippen molar-refractivity contribution in [3.63, 3.8) is 0 Å². The molecule has 0 heterocycles. The van der Waals surface area contributed by atoms with Gasteiger partial charge in [-0.15, -0.1) is 0 Å². The predicted octanol–water partition coefficient (Wildman–Crippen LogP) is 3.13. The fraction of sp³-hybridized carbons (Fsp3) is 0.200. The van der Waals surface area contributed by atoms with E-state index in [-0.39, 0.29) is 4.90 Å². The topological polar surface area (TPSA) is 72.2 Å². The fourth-order valence-corrected chi connectivity index (χ4v) is 3.80. The zero-order valence-corrected chi connectivity index (χ0v) is 12.9. The fourth-order valence-electron chi connectivity index (χ4n) is 2.17. The van der Waals surface area contributed by atoms with E-state index in [9.17, 15) is 12.8 Å². The molecule has 0 aliphatic heterocycles. The number of benzene rings is 2. The number of sulfonamides is 1. The molecule has 2 rings (SSSR count). The summed E-state index contributed by atoms with van der Waals surface area (Å²) in [6.07, 6.45) is 0. The van der Waals surface area contributed by atoms with Crippen molar-refractivity contribution in [2.45, 2.75) is 25.7 Å². The van der Waals surface area contributed by atoms with Gasteiger partial charge in [-0.2, -0.15) is 0 Å². The van der Waals surface area contributed by atoms with Crippen molar-refractivity contribution in [2.75, 3.05) is 10.5 Å². The first-order valence-corrected chi connectivity index (χ1v) is 7.85. The van der Waals surface area contributed by atoms with Gasteiger partial charge in [-0.1, -0.05) is 0 Å². The molecule has 0 spiro atoms. The van der Waals surface area contributed by atoms with Crippen molar-refractivity contribution in [3.05, 3.63) is 52.8 Å². The molecule has 3 N–H and O–H groups in total. The quantitative estimate of drug-likeness (QED) is 0.856. The molecule has 0 saturated carbocycles. The van der Waals surface area contributed by atoms with Crippen LogP contribution in [0.15, 0.2) is 35.2 Å². The SMILES string of the molecule is Cc1cc(N)c(C)c(S(=O)(=O)Nc2ccc(F)cc2)c1C. The van der Waals surface area contributed by atoms with Crippen LogP contribution in [0, 0.1) is 26.6 Å². The Labute approximate surface area is 123 Å². The van der Waals surface area contributed by atoms with Crippen molar-refractivity contribution in [2.24, 2.45) is 0 Å². The number of rotatable bonds is 3. The Kier molecular flexibility index (Phi) is 3.91. The third-order valence-corrected chi connectivity index (χ3v) is 5.10. The first kappa shape index (κ1) is 15.3. The minimum Gasteiger partial charge on any atom is -0.398 e. The molecule has 0 aromatic heterocycles. The van der Waals surface area contributed by atoms with Gasteiger partial charge in [0, 0.05) is 11.4 Å². The summed E-state index contributed by atoms with van der Waals surface area (Å²) in [7, 11) is -3.78. The molecule has 2 aromatic rings. The van der Waals surface area contributed by atoms with Crippen LogP contribution in [0.25, 0.3) is 0 Å². The minimum atomic E-state index is -3.78. The van der Waals surface area contributed by atoms with E-state index in [1.54, 1.807) is 19.9 Å². The van der Waals surface area contributed by atoms with Crippen LogP contribution in [0.3, 0.4) is 0 Å². The van der Waals surface area contributed by atoms with Gasteiger partial charge in [0.15, 0.2) is 0 Å². The third kappa shape index (κ3) is 3.00. The van der Waals surface area contributed by atoms with Crippen LogP contribution in [0.2, 0.25) is 0 Å². The molecule has 0 fully saturated rings. The molecule has 21 heavy (non-hydrogen) atoms. The summed E-state index contributed by atoms with van der Waals surface area (Å²) < 4.78 is 40.5. The van der Waals surface area contributed by atoms with Crippen molar-refractivity contribution in [1.82, 2.24) is 0 Å². The van der Waals surface area contributed by atoms with Gasteiger partial charge >= 0.3 is 0 Å². The summed E-state index contributed by atoms with van der Waals surface area (Å²) in [5.41, 5.74) is 8.55. The van der Waals surface area contributed by atoms with Gasteiger partial charge in [0.2, 0.25) is 0 Å². The van der Waals surface area contributed by atoms with Crippen LogP contribution in [0.5, 0.6) is 0 Å². The number of aryl methyl sites for hydroxylation is 1. The van der Waals surface area contributed by atoms with Gasteiger partial charge in [0.05, 0.1) is 4.90 Å². The van der Waals surface area contributed by atoms with Gasteiger partial charge < -0.3 is 5.73 Å². The molecule has 0 unspecified atom stereocenters. The number of nitrogen functional groups attached to an aromatic ring is 1. The second-order valence-corrected chi connectivity index (χ2v) is 6.59. The summed E-state index contributed by atoms with van der Waals surface area (Å²) >= 11 is 0. The highest BCUT2D eigenvalue weighted by molar-refractivity contribution is 7.92. The van der Waals surface area contributed by atoms with Crippen LogP contribution in [-0.4, -0.2) is 8.42 Å². The van der Waals surface area contributed by atoms with Gasteiger partial charge in [-0.25, -0.2) is 12.8 Å². The van der Waals surface area contributed by atoms with Gasteiger partial charge in [-0.05, 0) is 67.8 Å². The maximum atomic E-state index is 12.9. The van der Waals surface area contributed by atoms with Crippen molar-refractivity contribution < 1.29 is 12.8 Å². The summed E-state index contributed by atoms with van der Waals surface area (Å²) in [4.78, 5) is 0.171. The van der Waals surface area contributed by atoms with Crippen LogP contribution in [-0.2, 0) is 10.0 Å². The summed E-state index contributed by atoms with van der Waals surface area (Å²) in [5, 5.41) is 0. The lowest BCUT2D eigenvalue weighted by Gasteiger charge is -2.16. The van der Waals surface area contributed by atoms with E-state index in [1.807, 2.05) is 6.92 Å². The lowest BCUT2D eigenvalue weighted by Crippen LogP contribution is -2.17. The second kappa shape index (κ2) is 5.37. The zero-order chi connectivity index (χ0) is 15.8. The summed E-state index contributed by atoms with van der Waals surface area (Å²) in [6, 6.07) is 6.89. The molecule has 0 saturated heterocycles. The maximum Gasteiger partial charge on any atom is 0.262 e. The maximum absolute atomic E-state index is 12.9. The predicted molar refractivity (Wildman–Crippen MR) is 82.3 cm³/mol. The highest BCUT2D eigenvalue weighted by Gasteiger charge is 2.22. The lowest BCUT2D eigenvalue weighted by atomic mass is 10.1. The van der Waals surface area contributed by atoms with Gasteiger partial charge in [0.1, 0.15) is 5.82 Å². The Balaban J connectivity index is 2.52. The van der Waals surface area contributed by atoms with E-state index in [2.05, 4.69) is 4.72 Å². The number of hydrogen-bond donors (Lipinski definition) is 2. The standard InChI is InChI=1S/C15H17FN2O2S/c1-9-8-14(17)11(3)15(10(9)2)21(19,20)18-13-6-4-12(16)5-7-13/h4-8,18H,17H2,1-3H3. The van der Waals surface area contributed by atoms with E-state index in [0.29, 0.717) is 22.5 Å². The molecular weight excluding hydrogens is 291 g/mol. The third-order valence-electron chi connectivity index (χ3n) is 3.44. The van der Waals surface area contributed by atoms with Crippen LogP contribution < -0.4 is 10.5 Å². The van der Waals surface area contributed by atoms with E-state index in [1.165, 1.54) is 24.3 Å². The minimum absolute atomic E-state index is 0.171. The molecule has 0 amide bonds. The van der Waals surface area contributed by atoms with Crippen LogP contribution in [0.1, 0.15) is 16.7 Å². The second-order valence-electron chi connectivity index (χ2n) is 4.97. The first-order chi connectivity index (χ1) is 9.72.